The molecular formula is C25H35N5O11. The third-order valence-corrected chi connectivity index (χ3v) is 6.24. The highest BCUT2D eigenvalue weighted by molar-refractivity contribution is 5.95. The van der Waals surface area contributed by atoms with E-state index in [0.29, 0.717) is 12.8 Å². The van der Waals surface area contributed by atoms with Crippen molar-refractivity contribution in [1.82, 2.24) is 15.5 Å². The predicted octanol–water partition coefficient (Wildman–Crippen LogP) is 0.833. The SMILES string of the molecule is COc1cc(COC(=O)N[C@@H](C)C(=O)NC(C)(C)C(=O)N2CCC[C@H]2C(=O)O)c([N+](=O)[O-])cc1OCCCC(N)=O. The Hall–Kier alpha value is -4.63. The van der Waals surface area contributed by atoms with E-state index < -0.39 is 64.6 Å². The zero-order chi connectivity index (χ0) is 30.9. The molecule has 1 fully saturated rings. The van der Waals surface area contributed by atoms with Crippen LogP contribution in [0.25, 0.3) is 0 Å². The molecule has 0 spiro atoms. The van der Waals surface area contributed by atoms with Crippen LogP contribution in [0.15, 0.2) is 12.1 Å². The molecule has 2 atom stereocenters. The molecule has 2 rings (SSSR count). The van der Waals surface area contributed by atoms with Gasteiger partial charge in [-0.2, -0.15) is 0 Å². The highest BCUT2D eigenvalue weighted by Crippen LogP contribution is 2.35. The first-order valence-electron chi connectivity index (χ1n) is 12.7. The number of amides is 4. The van der Waals surface area contributed by atoms with Gasteiger partial charge in [0.1, 0.15) is 24.2 Å². The molecule has 1 heterocycles. The van der Waals surface area contributed by atoms with Crippen LogP contribution in [0, 0.1) is 10.1 Å². The van der Waals surface area contributed by atoms with Crippen LogP contribution >= 0.6 is 0 Å². The van der Waals surface area contributed by atoms with Crippen LogP contribution in [0.4, 0.5) is 10.5 Å². The topological polar surface area (TPSA) is 230 Å². The third-order valence-electron chi connectivity index (χ3n) is 6.24. The van der Waals surface area contributed by atoms with Crippen molar-refractivity contribution in [2.75, 3.05) is 20.3 Å². The van der Waals surface area contributed by atoms with Crippen LogP contribution in [0.5, 0.6) is 11.5 Å². The van der Waals surface area contributed by atoms with Gasteiger partial charge < -0.3 is 40.6 Å². The molecule has 0 unspecified atom stereocenters. The molecule has 1 aliphatic heterocycles. The van der Waals surface area contributed by atoms with E-state index in [1.54, 1.807) is 0 Å². The molecule has 41 heavy (non-hydrogen) atoms. The number of primary amides is 1. The van der Waals surface area contributed by atoms with Crippen molar-refractivity contribution in [3.8, 4) is 11.5 Å². The molecule has 226 valence electrons. The summed E-state index contributed by atoms with van der Waals surface area (Å²) in [7, 11) is 1.31. The second-order valence-corrected chi connectivity index (χ2v) is 9.86. The minimum absolute atomic E-state index is 0.0195. The van der Waals surface area contributed by atoms with Crippen molar-refractivity contribution in [3.63, 3.8) is 0 Å². The summed E-state index contributed by atoms with van der Waals surface area (Å²) in [5.74, 6) is -2.79. The van der Waals surface area contributed by atoms with E-state index in [9.17, 15) is 39.2 Å². The highest BCUT2D eigenvalue weighted by atomic mass is 16.6. The average molecular weight is 582 g/mol. The number of nitrogens with zero attached hydrogens (tertiary/aromatic N) is 2. The summed E-state index contributed by atoms with van der Waals surface area (Å²) in [5.41, 5.74) is 3.18. The Kier molecular flexibility index (Phi) is 11.2. The number of nitro groups is 1. The molecule has 5 N–H and O–H groups in total. The molecular weight excluding hydrogens is 546 g/mol. The molecule has 0 aromatic heterocycles. The van der Waals surface area contributed by atoms with Gasteiger partial charge in [-0.25, -0.2) is 9.59 Å². The number of hydrogen-bond donors (Lipinski definition) is 4. The fourth-order valence-corrected chi connectivity index (χ4v) is 4.10. The fraction of sp³-hybridized carbons (Fsp3) is 0.560. The summed E-state index contributed by atoms with van der Waals surface area (Å²) in [4.78, 5) is 72.4. The lowest BCUT2D eigenvalue weighted by molar-refractivity contribution is -0.385. The second kappa shape index (κ2) is 14.1. The maximum atomic E-state index is 12.9. The van der Waals surface area contributed by atoms with Gasteiger partial charge in [0.15, 0.2) is 11.5 Å². The first-order valence-corrected chi connectivity index (χ1v) is 12.7. The molecule has 0 bridgehead atoms. The van der Waals surface area contributed by atoms with Crippen molar-refractivity contribution in [1.29, 1.82) is 0 Å². The number of likely N-dealkylation sites (tertiary alicyclic amines) is 1. The van der Waals surface area contributed by atoms with Crippen LogP contribution < -0.4 is 25.8 Å². The third kappa shape index (κ3) is 8.94. The van der Waals surface area contributed by atoms with E-state index in [-0.39, 0.29) is 43.1 Å². The number of benzene rings is 1. The summed E-state index contributed by atoms with van der Waals surface area (Å²) in [5, 5.41) is 25.8. The van der Waals surface area contributed by atoms with Crippen LogP contribution in [0.3, 0.4) is 0 Å². The zero-order valence-electron chi connectivity index (χ0n) is 23.3. The molecule has 0 aliphatic carbocycles. The summed E-state index contributed by atoms with van der Waals surface area (Å²) in [6, 6.07) is 0.213. The maximum Gasteiger partial charge on any atom is 0.408 e. The highest BCUT2D eigenvalue weighted by Gasteiger charge is 2.42. The standard InChI is InChI=1S/C25H35N5O11/c1-14(21(32)28-25(2,3)23(35)29-9-5-7-16(29)22(33)34)27-24(36)41-13-15-11-18(39-4)19(12-17(15)30(37)38)40-10-6-8-20(26)31/h11-12,14,16H,5-10,13H2,1-4H3,(H2,26,31)(H,27,36)(H,28,32)(H,33,34)/t14-,16-/m0/s1. The number of rotatable bonds is 14. The van der Waals surface area contributed by atoms with Gasteiger partial charge >= 0.3 is 12.1 Å². The van der Waals surface area contributed by atoms with Gasteiger partial charge in [0, 0.05) is 13.0 Å². The molecule has 4 amide bonds. The quantitative estimate of drug-likeness (QED) is 0.137. The Morgan fingerprint density at radius 2 is 1.93 bits per heavy atom. The summed E-state index contributed by atoms with van der Waals surface area (Å²) in [6.07, 6.45) is 0.121. The first-order chi connectivity index (χ1) is 19.2. The van der Waals surface area contributed by atoms with Gasteiger partial charge in [-0.05, 0) is 46.1 Å². The number of nitrogens with one attached hydrogen (secondary N) is 2. The Morgan fingerprint density at radius 1 is 1.24 bits per heavy atom. The van der Waals surface area contributed by atoms with Crippen LogP contribution in [-0.4, -0.2) is 82.6 Å². The number of ether oxygens (including phenoxy) is 3. The Morgan fingerprint density at radius 3 is 2.51 bits per heavy atom. The first kappa shape index (κ1) is 32.6. The molecule has 1 aromatic carbocycles. The number of nitrogens with two attached hydrogens (primary N) is 1. The van der Waals surface area contributed by atoms with E-state index in [4.69, 9.17) is 19.9 Å². The number of alkyl carbamates (subject to hydrolysis) is 1. The Balaban J connectivity index is 2.00. The lowest BCUT2D eigenvalue weighted by Crippen LogP contribution is -2.60. The molecule has 16 heteroatoms. The molecule has 16 nitrogen and oxygen atoms in total. The van der Waals surface area contributed by atoms with Crippen LogP contribution in [0.2, 0.25) is 0 Å². The second-order valence-electron chi connectivity index (χ2n) is 9.86. The average Bonchev–Trinajstić information content (AvgIpc) is 3.39. The Labute approximate surface area is 235 Å². The van der Waals surface area contributed by atoms with Crippen molar-refractivity contribution < 1.29 is 48.2 Å². The van der Waals surface area contributed by atoms with Crippen molar-refractivity contribution in [2.24, 2.45) is 5.73 Å². The number of carbonyl (C=O) groups excluding carboxylic acids is 4. The molecule has 0 radical (unpaired) electrons. The number of hydrogen-bond acceptors (Lipinski definition) is 10. The van der Waals surface area contributed by atoms with Crippen molar-refractivity contribution in [2.45, 2.75) is 70.7 Å². The van der Waals surface area contributed by atoms with Gasteiger partial charge in [0.2, 0.25) is 17.7 Å². The van der Waals surface area contributed by atoms with Gasteiger partial charge in [-0.15, -0.1) is 0 Å². The number of carbonyl (C=O) groups is 5. The summed E-state index contributed by atoms with van der Waals surface area (Å²) in [6.45, 7) is 3.93. The number of carboxylic acid groups (broad SMARTS) is 1. The van der Waals surface area contributed by atoms with E-state index in [1.807, 2.05) is 0 Å². The van der Waals surface area contributed by atoms with E-state index in [2.05, 4.69) is 10.6 Å². The largest absolute Gasteiger partial charge is 0.493 e. The molecule has 1 aliphatic rings. The maximum absolute atomic E-state index is 12.9. The monoisotopic (exact) mass is 581 g/mol. The van der Waals surface area contributed by atoms with Crippen LogP contribution in [0.1, 0.15) is 52.0 Å². The Bertz CT molecular complexity index is 1190. The van der Waals surface area contributed by atoms with Gasteiger partial charge in [0.05, 0.1) is 30.3 Å². The smallest absolute Gasteiger partial charge is 0.408 e. The lowest BCUT2D eigenvalue weighted by Gasteiger charge is -2.33. The molecule has 1 saturated heterocycles. The number of nitro benzene ring substituents is 1. The fourth-order valence-electron chi connectivity index (χ4n) is 4.10. The number of carboxylic acids is 1. The van der Waals surface area contributed by atoms with E-state index in [1.165, 1.54) is 38.8 Å². The van der Waals surface area contributed by atoms with Crippen molar-refractivity contribution >= 4 is 35.5 Å². The summed E-state index contributed by atoms with van der Waals surface area (Å²) < 4.78 is 15.8. The lowest BCUT2D eigenvalue weighted by atomic mass is 10.0. The molecule has 1 aromatic rings. The van der Waals surface area contributed by atoms with E-state index >= 15 is 0 Å². The summed E-state index contributed by atoms with van der Waals surface area (Å²) >= 11 is 0. The minimum Gasteiger partial charge on any atom is -0.493 e. The number of methoxy groups -OCH3 is 1. The zero-order valence-corrected chi connectivity index (χ0v) is 23.3. The predicted molar refractivity (Wildman–Crippen MR) is 141 cm³/mol. The van der Waals surface area contributed by atoms with Crippen molar-refractivity contribution in [3.05, 3.63) is 27.8 Å². The normalized spacial score (nSPS) is 15.4. The van der Waals surface area contributed by atoms with Gasteiger partial charge in [-0.1, -0.05) is 0 Å². The minimum atomic E-state index is -1.46. The van der Waals surface area contributed by atoms with E-state index in [0.717, 1.165) is 6.07 Å². The van der Waals surface area contributed by atoms with Gasteiger partial charge in [0.25, 0.3) is 5.69 Å². The number of aliphatic carboxylic acids is 1. The van der Waals surface area contributed by atoms with Gasteiger partial charge in [-0.3, -0.25) is 24.5 Å². The van der Waals surface area contributed by atoms with Crippen LogP contribution in [-0.2, 0) is 30.5 Å². The molecule has 0 saturated carbocycles.